The number of rotatable bonds is 9. The SMILES string of the molecule is CC.CC=NCC/C=C1/CN(CC2C=CC(CF)=C(C)N2C)CCN1NC(C)/C=C\C. The number of hydrazine groups is 1. The molecule has 0 radical (unpaired) electrons. The number of piperazine rings is 1. The Morgan fingerprint density at radius 3 is 2.68 bits per heavy atom. The summed E-state index contributed by atoms with van der Waals surface area (Å²) in [5.41, 5.74) is 6.73. The third-order valence-electron chi connectivity index (χ3n) is 5.63. The van der Waals surface area contributed by atoms with E-state index >= 15 is 0 Å². The lowest BCUT2D eigenvalue weighted by molar-refractivity contribution is 0.113. The molecule has 0 spiro atoms. The number of aliphatic imine (C=N–C) groups is 1. The number of nitrogens with one attached hydrogen (secondary N) is 1. The van der Waals surface area contributed by atoms with Crippen LogP contribution in [-0.4, -0.2) is 79.6 Å². The summed E-state index contributed by atoms with van der Waals surface area (Å²) in [4.78, 5) is 9.03. The van der Waals surface area contributed by atoms with E-state index in [-0.39, 0.29) is 6.04 Å². The molecule has 1 saturated heterocycles. The van der Waals surface area contributed by atoms with Crippen LogP contribution in [0.4, 0.5) is 4.39 Å². The minimum absolute atomic E-state index is 0.276. The molecule has 2 heterocycles. The Labute approximate surface area is 190 Å². The average Bonchev–Trinajstić information content (AvgIpc) is 2.78. The number of nitrogens with zero attached hydrogens (tertiary/aromatic N) is 4. The zero-order valence-electron chi connectivity index (χ0n) is 20.7. The van der Waals surface area contributed by atoms with E-state index in [2.05, 4.69) is 70.4 Å². The molecule has 0 amide bonds. The number of allylic oxidation sites excluding steroid dienone is 4. The number of hydrogen-bond acceptors (Lipinski definition) is 5. The van der Waals surface area contributed by atoms with E-state index in [0.717, 1.165) is 50.4 Å². The lowest BCUT2D eigenvalue weighted by Crippen LogP contribution is -2.54. The highest BCUT2D eigenvalue weighted by atomic mass is 19.1. The van der Waals surface area contributed by atoms with Gasteiger partial charge in [0.25, 0.3) is 0 Å². The lowest BCUT2D eigenvalue weighted by atomic mass is 10.0. The number of hydrogen-bond donors (Lipinski definition) is 1. The topological polar surface area (TPSA) is 34.1 Å². The molecule has 0 aromatic carbocycles. The van der Waals surface area contributed by atoms with Gasteiger partial charge in [0.2, 0.25) is 0 Å². The van der Waals surface area contributed by atoms with Crippen LogP contribution in [0.15, 0.2) is 52.3 Å². The van der Waals surface area contributed by atoms with Crippen LogP contribution in [-0.2, 0) is 0 Å². The summed E-state index contributed by atoms with van der Waals surface area (Å²) < 4.78 is 13.1. The quantitative estimate of drug-likeness (QED) is 0.328. The van der Waals surface area contributed by atoms with Crippen molar-refractivity contribution in [3.63, 3.8) is 0 Å². The van der Waals surface area contributed by atoms with E-state index in [0.29, 0.717) is 6.04 Å². The first kappa shape index (κ1) is 27.1. The van der Waals surface area contributed by atoms with Crippen LogP contribution in [0.5, 0.6) is 0 Å². The van der Waals surface area contributed by atoms with Gasteiger partial charge in [-0.3, -0.25) is 9.89 Å². The maximum absolute atomic E-state index is 13.1. The molecular formula is C25H44FN5. The van der Waals surface area contributed by atoms with Gasteiger partial charge in [-0.05, 0) is 40.3 Å². The zero-order valence-corrected chi connectivity index (χ0v) is 20.7. The summed E-state index contributed by atoms with van der Waals surface area (Å²) in [6.45, 7) is 16.4. The first-order chi connectivity index (χ1) is 15.0. The van der Waals surface area contributed by atoms with Gasteiger partial charge in [-0.15, -0.1) is 0 Å². The van der Waals surface area contributed by atoms with E-state index in [4.69, 9.17) is 0 Å². The summed E-state index contributed by atoms with van der Waals surface area (Å²) >= 11 is 0. The van der Waals surface area contributed by atoms with Crippen molar-refractivity contribution in [3.05, 3.63) is 47.3 Å². The largest absolute Gasteiger partial charge is 0.370 e. The molecule has 0 aromatic rings. The van der Waals surface area contributed by atoms with Gasteiger partial charge in [-0.2, -0.15) is 0 Å². The van der Waals surface area contributed by atoms with E-state index in [1.54, 1.807) is 0 Å². The van der Waals surface area contributed by atoms with Gasteiger partial charge in [0.15, 0.2) is 0 Å². The molecule has 5 nitrogen and oxygen atoms in total. The number of alkyl halides is 1. The Bertz CT molecular complexity index is 665. The van der Waals surface area contributed by atoms with Crippen molar-refractivity contribution in [2.75, 3.05) is 46.4 Å². The van der Waals surface area contributed by atoms with E-state index < -0.39 is 6.67 Å². The molecule has 0 bridgehead atoms. The van der Waals surface area contributed by atoms with E-state index in [1.165, 1.54) is 5.70 Å². The molecule has 176 valence electrons. The van der Waals surface area contributed by atoms with Gasteiger partial charge >= 0.3 is 0 Å². The van der Waals surface area contributed by atoms with Crippen LogP contribution >= 0.6 is 0 Å². The molecule has 1 N–H and O–H groups in total. The number of likely N-dealkylation sites (N-methyl/N-ethyl adjacent to an activating group) is 1. The summed E-state index contributed by atoms with van der Waals surface area (Å²) in [6.07, 6.45) is 13.5. The molecule has 2 aliphatic heterocycles. The van der Waals surface area contributed by atoms with Gasteiger partial charge in [0, 0.05) is 62.8 Å². The molecule has 1 fully saturated rings. The Morgan fingerprint density at radius 2 is 2.03 bits per heavy atom. The van der Waals surface area contributed by atoms with Gasteiger partial charge < -0.3 is 9.91 Å². The van der Waals surface area contributed by atoms with Crippen LogP contribution in [0, 0.1) is 0 Å². The number of halogens is 1. The van der Waals surface area contributed by atoms with Crippen molar-refractivity contribution in [2.24, 2.45) is 4.99 Å². The van der Waals surface area contributed by atoms with Crippen molar-refractivity contribution in [1.29, 1.82) is 0 Å². The van der Waals surface area contributed by atoms with Gasteiger partial charge in [-0.25, -0.2) is 9.82 Å². The molecule has 2 rings (SSSR count). The van der Waals surface area contributed by atoms with Crippen molar-refractivity contribution >= 4 is 6.21 Å². The standard InChI is InChI=1S/C23H38FN5.C2H6/c1-6-9-19(3)26-29-15-14-28(18-23(29)10-8-13-25-7-2)17-22-12-11-21(16-24)20(4)27(22)5;1-2/h6-7,9-12,19,22,26H,8,13-18H2,1-5H3;1-2H3/b9-6-,23-10-,25-7?;. The molecule has 2 atom stereocenters. The summed E-state index contributed by atoms with van der Waals surface area (Å²) in [6, 6.07) is 0.570. The van der Waals surface area contributed by atoms with Gasteiger partial charge in [-0.1, -0.05) is 44.2 Å². The van der Waals surface area contributed by atoms with Crippen LogP contribution < -0.4 is 5.43 Å². The Balaban J connectivity index is 0.00000233. The first-order valence-electron chi connectivity index (χ1n) is 11.7. The second-order valence-electron chi connectivity index (χ2n) is 7.76. The molecule has 2 aliphatic rings. The van der Waals surface area contributed by atoms with Crippen LogP contribution in [0.25, 0.3) is 0 Å². The van der Waals surface area contributed by atoms with E-state index in [1.807, 2.05) is 40.0 Å². The lowest BCUT2D eigenvalue weighted by Gasteiger charge is -2.42. The molecule has 31 heavy (non-hydrogen) atoms. The monoisotopic (exact) mass is 433 g/mol. The van der Waals surface area contributed by atoms with Crippen LogP contribution in [0.3, 0.4) is 0 Å². The third-order valence-corrected chi connectivity index (χ3v) is 5.63. The Kier molecular flexibility index (Phi) is 13.1. The minimum Gasteiger partial charge on any atom is -0.370 e. The molecule has 0 saturated carbocycles. The molecular weight excluding hydrogens is 389 g/mol. The highest BCUT2D eigenvalue weighted by molar-refractivity contribution is 5.53. The minimum atomic E-state index is -0.402. The van der Waals surface area contributed by atoms with Gasteiger partial charge in [0.1, 0.15) is 6.67 Å². The van der Waals surface area contributed by atoms with Crippen LogP contribution in [0.2, 0.25) is 0 Å². The second kappa shape index (κ2) is 15.0. The highest BCUT2D eigenvalue weighted by Crippen LogP contribution is 2.22. The smallest absolute Gasteiger partial charge is 0.116 e. The highest BCUT2D eigenvalue weighted by Gasteiger charge is 2.26. The van der Waals surface area contributed by atoms with Crippen LogP contribution in [0.1, 0.15) is 48.0 Å². The second-order valence-corrected chi connectivity index (χ2v) is 7.76. The fourth-order valence-corrected chi connectivity index (χ4v) is 3.81. The van der Waals surface area contributed by atoms with Crippen molar-refractivity contribution < 1.29 is 4.39 Å². The predicted octanol–water partition coefficient (Wildman–Crippen LogP) is 4.58. The molecule has 0 aliphatic carbocycles. The maximum atomic E-state index is 13.1. The molecule has 2 unspecified atom stereocenters. The zero-order chi connectivity index (χ0) is 23.2. The summed E-state index contributed by atoms with van der Waals surface area (Å²) in [5.74, 6) is 0. The maximum Gasteiger partial charge on any atom is 0.116 e. The predicted molar refractivity (Wildman–Crippen MR) is 133 cm³/mol. The molecule has 0 aromatic heterocycles. The van der Waals surface area contributed by atoms with Crippen molar-refractivity contribution in [1.82, 2.24) is 20.2 Å². The summed E-state index contributed by atoms with van der Waals surface area (Å²) in [5, 5.41) is 2.30. The fraction of sp³-hybridized carbons (Fsp3) is 0.640. The average molecular weight is 434 g/mol. The summed E-state index contributed by atoms with van der Waals surface area (Å²) in [7, 11) is 2.06. The fourth-order valence-electron chi connectivity index (χ4n) is 3.81. The van der Waals surface area contributed by atoms with Gasteiger partial charge in [0.05, 0.1) is 6.04 Å². The Hall–Kier alpha value is -1.92. The molecule has 6 heteroatoms. The van der Waals surface area contributed by atoms with E-state index in [9.17, 15) is 4.39 Å². The first-order valence-corrected chi connectivity index (χ1v) is 11.7. The third kappa shape index (κ3) is 8.62. The van der Waals surface area contributed by atoms with Crippen molar-refractivity contribution in [2.45, 2.75) is 60.0 Å². The van der Waals surface area contributed by atoms with Crippen molar-refractivity contribution in [3.8, 4) is 0 Å². The Morgan fingerprint density at radius 1 is 1.29 bits per heavy atom. The normalized spacial score (nSPS) is 22.6.